The van der Waals surface area contributed by atoms with Gasteiger partial charge in [0, 0.05) is 5.97 Å². The average molecular weight is 135 g/mol. The van der Waals surface area contributed by atoms with Crippen molar-refractivity contribution in [3.63, 3.8) is 0 Å². The zero-order valence-electron chi connectivity index (χ0n) is 6.85. The van der Waals surface area contributed by atoms with Crippen molar-refractivity contribution in [2.75, 3.05) is 0 Å². The molecule has 2 heteroatoms. The molecule has 0 N–H and O–H groups in total. The standard InChI is InChI=1S/C8H14BN/c1-4-8(2)5-6-9(3)7-10/h2,4-6H2,1,3H3. The van der Waals surface area contributed by atoms with Crippen molar-refractivity contribution < 1.29 is 0 Å². The number of nitrogens with zero attached hydrogens (tertiary/aromatic N) is 1. The Morgan fingerprint density at radius 2 is 2.30 bits per heavy atom. The molecular formula is C8H14BN. The van der Waals surface area contributed by atoms with E-state index in [2.05, 4.69) is 19.5 Å². The van der Waals surface area contributed by atoms with Crippen molar-refractivity contribution in [3.8, 4) is 5.97 Å². The van der Waals surface area contributed by atoms with Gasteiger partial charge in [-0.05, 0) is 12.8 Å². The Labute approximate surface area is 63.8 Å². The molecule has 0 saturated heterocycles. The third-order valence-electron chi connectivity index (χ3n) is 1.65. The Kier molecular flexibility index (Phi) is 4.75. The average Bonchev–Trinajstić information content (AvgIpc) is 1.99. The van der Waals surface area contributed by atoms with E-state index in [0.717, 1.165) is 19.2 Å². The van der Waals surface area contributed by atoms with Crippen LogP contribution in [0.3, 0.4) is 0 Å². The monoisotopic (exact) mass is 135 g/mol. The lowest BCUT2D eigenvalue weighted by Gasteiger charge is -1.99. The van der Waals surface area contributed by atoms with E-state index < -0.39 is 0 Å². The normalized spacial score (nSPS) is 8.50. The maximum atomic E-state index is 8.44. The van der Waals surface area contributed by atoms with Gasteiger partial charge in [-0.1, -0.05) is 32.2 Å². The fourth-order valence-corrected chi connectivity index (χ4v) is 0.662. The Morgan fingerprint density at radius 1 is 1.70 bits per heavy atom. The van der Waals surface area contributed by atoms with E-state index >= 15 is 0 Å². The Bertz CT molecular complexity index is 146. The Morgan fingerprint density at radius 3 is 2.70 bits per heavy atom. The molecule has 54 valence electrons. The van der Waals surface area contributed by atoms with Crippen molar-refractivity contribution in [2.45, 2.75) is 32.9 Å². The van der Waals surface area contributed by atoms with Crippen molar-refractivity contribution in [2.24, 2.45) is 0 Å². The van der Waals surface area contributed by atoms with Crippen LogP contribution in [0.2, 0.25) is 13.1 Å². The Hall–Kier alpha value is -0.705. The maximum absolute atomic E-state index is 8.44. The first kappa shape index (κ1) is 9.29. The SMILES string of the molecule is C=C(CC)CCB(C)C#N. The van der Waals surface area contributed by atoms with Crippen LogP contribution in [0, 0.1) is 11.2 Å². The fraction of sp³-hybridized carbons (Fsp3) is 0.625. The molecule has 0 atom stereocenters. The summed E-state index contributed by atoms with van der Waals surface area (Å²) in [5.74, 6) is 2.20. The highest BCUT2D eigenvalue weighted by atomic mass is 14.2. The number of rotatable bonds is 4. The van der Waals surface area contributed by atoms with E-state index in [4.69, 9.17) is 5.26 Å². The predicted molar refractivity (Wildman–Crippen MR) is 46.1 cm³/mol. The first-order chi connectivity index (χ1) is 4.70. The zero-order valence-corrected chi connectivity index (χ0v) is 6.85. The second kappa shape index (κ2) is 5.11. The lowest BCUT2D eigenvalue weighted by molar-refractivity contribution is 0.977. The largest absolute Gasteiger partial charge is 0.265 e. The summed E-state index contributed by atoms with van der Waals surface area (Å²) in [6.45, 7) is 8.10. The number of hydrogen-bond donors (Lipinski definition) is 0. The summed E-state index contributed by atoms with van der Waals surface area (Å²) >= 11 is 0. The van der Waals surface area contributed by atoms with Gasteiger partial charge < -0.3 is 0 Å². The summed E-state index contributed by atoms with van der Waals surface area (Å²) in [7, 11) is 0. The summed E-state index contributed by atoms with van der Waals surface area (Å²) in [6.07, 6.45) is 3.01. The van der Waals surface area contributed by atoms with Crippen LogP contribution in [-0.4, -0.2) is 6.71 Å². The molecule has 1 nitrogen and oxygen atoms in total. The van der Waals surface area contributed by atoms with Crippen LogP contribution in [-0.2, 0) is 0 Å². The lowest BCUT2D eigenvalue weighted by atomic mass is 9.50. The van der Waals surface area contributed by atoms with E-state index in [0.29, 0.717) is 0 Å². The fourth-order valence-electron chi connectivity index (χ4n) is 0.662. The molecule has 10 heavy (non-hydrogen) atoms. The van der Waals surface area contributed by atoms with E-state index in [-0.39, 0.29) is 6.71 Å². The zero-order chi connectivity index (χ0) is 7.98. The van der Waals surface area contributed by atoms with E-state index in [9.17, 15) is 0 Å². The van der Waals surface area contributed by atoms with Gasteiger partial charge in [-0.3, -0.25) is 0 Å². The van der Waals surface area contributed by atoms with Gasteiger partial charge in [0.25, 0.3) is 6.71 Å². The molecule has 0 heterocycles. The molecule has 0 aliphatic rings. The van der Waals surface area contributed by atoms with E-state index in [1.807, 2.05) is 6.82 Å². The molecule has 0 aromatic carbocycles. The minimum atomic E-state index is 0.184. The van der Waals surface area contributed by atoms with Gasteiger partial charge in [0.1, 0.15) is 0 Å². The minimum Gasteiger partial charge on any atom is -0.213 e. The molecule has 0 radical (unpaired) electrons. The van der Waals surface area contributed by atoms with Gasteiger partial charge in [-0.15, -0.1) is 0 Å². The molecule has 0 fully saturated rings. The highest BCUT2D eigenvalue weighted by Gasteiger charge is 2.04. The van der Waals surface area contributed by atoms with Gasteiger partial charge in [0.05, 0.1) is 0 Å². The van der Waals surface area contributed by atoms with Crippen LogP contribution in [0.25, 0.3) is 0 Å². The molecule has 0 aliphatic heterocycles. The summed E-state index contributed by atoms with van der Waals surface area (Å²) in [6, 6.07) is 0. The first-order valence-electron chi connectivity index (χ1n) is 3.77. The molecule has 0 unspecified atom stereocenters. The van der Waals surface area contributed by atoms with Crippen LogP contribution in [0.15, 0.2) is 12.2 Å². The minimum absolute atomic E-state index is 0.184. The topological polar surface area (TPSA) is 23.8 Å². The first-order valence-corrected chi connectivity index (χ1v) is 3.77. The number of nitriles is 1. The maximum Gasteiger partial charge on any atom is 0.265 e. The lowest BCUT2D eigenvalue weighted by Crippen LogP contribution is -2.02. The molecule has 0 bridgehead atoms. The molecule has 0 amide bonds. The molecule has 0 aromatic rings. The molecular weight excluding hydrogens is 121 g/mol. The van der Waals surface area contributed by atoms with Crippen LogP contribution in [0.1, 0.15) is 19.8 Å². The number of hydrogen-bond acceptors (Lipinski definition) is 1. The van der Waals surface area contributed by atoms with Crippen molar-refractivity contribution >= 4 is 6.71 Å². The van der Waals surface area contributed by atoms with Crippen molar-refractivity contribution in [1.29, 1.82) is 5.26 Å². The third-order valence-corrected chi connectivity index (χ3v) is 1.65. The quantitative estimate of drug-likeness (QED) is 0.429. The third kappa shape index (κ3) is 4.20. The molecule has 0 aromatic heterocycles. The van der Waals surface area contributed by atoms with Crippen molar-refractivity contribution in [1.82, 2.24) is 0 Å². The van der Waals surface area contributed by atoms with Crippen LogP contribution in [0.4, 0.5) is 0 Å². The summed E-state index contributed by atoms with van der Waals surface area (Å²) < 4.78 is 0. The second-order valence-electron chi connectivity index (χ2n) is 2.67. The van der Waals surface area contributed by atoms with Gasteiger partial charge in [0.2, 0.25) is 0 Å². The van der Waals surface area contributed by atoms with Gasteiger partial charge in [-0.2, -0.15) is 0 Å². The summed E-state index contributed by atoms with van der Waals surface area (Å²) in [5, 5.41) is 8.44. The molecule has 0 spiro atoms. The second-order valence-corrected chi connectivity index (χ2v) is 2.67. The van der Waals surface area contributed by atoms with Crippen LogP contribution in [0.5, 0.6) is 0 Å². The highest BCUT2D eigenvalue weighted by Crippen LogP contribution is 2.08. The highest BCUT2D eigenvalue weighted by molar-refractivity contribution is 6.65. The molecule has 0 rings (SSSR count). The predicted octanol–water partition coefficient (Wildman–Crippen LogP) is 2.53. The van der Waals surface area contributed by atoms with Gasteiger partial charge in [0.15, 0.2) is 0 Å². The summed E-state index contributed by atoms with van der Waals surface area (Å²) in [5.41, 5.74) is 1.25. The van der Waals surface area contributed by atoms with Crippen molar-refractivity contribution in [3.05, 3.63) is 12.2 Å². The molecule has 0 aliphatic carbocycles. The van der Waals surface area contributed by atoms with E-state index in [1.165, 1.54) is 5.57 Å². The van der Waals surface area contributed by atoms with Gasteiger partial charge >= 0.3 is 0 Å². The van der Waals surface area contributed by atoms with Crippen LogP contribution >= 0.6 is 0 Å². The number of allylic oxidation sites excluding steroid dienone is 1. The smallest absolute Gasteiger partial charge is 0.213 e. The molecule has 0 saturated carbocycles. The Balaban J connectivity index is 3.37. The van der Waals surface area contributed by atoms with Gasteiger partial charge in [-0.25, -0.2) is 5.26 Å². The van der Waals surface area contributed by atoms with Crippen LogP contribution < -0.4 is 0 Å². The summed E-state index contributed by atoms with van der Waals surface area (Å²) in [4.78, 5) is 0. The van der Waals surface area contributed by atoms with E-state index in [1.54, 1.807) is 0 Å².